The number of amides is 2. The third-order valence-electron chi connectivity index (χ3n) is 4.17. The Bertz CT molecular complexity index is 767. The van der Waals surface area contributed by atoms with Gasteiger partial charge in [0.15, 0.2) is 5.76 Å². The van der Waals surface area contributed by atoms with E-state index in [1.807, 2.05) is 30.3 Å². The molecule has 6 heteroatoms. The quantitative estimate of drug-likeness (QED) is 0.877. The Morgan fingerprint density at radius 2 is 2.12 bits per heavy atom. The largest absolute Gasteiger partial charge is 0.359 e. The zero-order chi connectivity index (χ0) is 17.1. The molecule has 1 aliphatic rings. The lowest BCUT2D eigenvalue weighted by molar-refractivity contribution is -0.132. The Morgan fingerprint density at radius 3 is 2.83 bits per heavy atom. The minimum Gasteiger partial charge on any atom is -0.359 e. The van der Waals surface area contributed by atoms with Gasteiger partial charge < -0.3 is 14.7 Å². The number of likely N-dealkylation sites (tertiary alicyclic amines) is 1. The molecular formula is C18H19N3O3. The molecule has 3 rings (SSSR count). The maximum atomic E-state index is 12.7. The van der Waals surface area contributed by atoms with Crippen LogP contribution < -0.4 is 5.32 Å². The van der Waals surface area contributed by atoms with Crippen LogP contribution in [0, 0.1) is 6.92 Å². The van der Waals surface area contributed by atoms with Crippen LogP contribution in [0.2, 0.25) is 0 Å². The van der Waals surface area contributed by atoms with Crippen molar-refractivity contribution in [2.24, 2.45) is 0 Å². The third-order valence-corrected chi connectivity index (χ3v) is 4.17. The molecule has 1 aliphatic heterocycles. The topological polar surface area (TPSA) is 75.4 Å². The van der Waals surface area contributed by atoms with E-state index >= 15 is 0 Å². The summed E-state index contributed by atoms with van der Waals surface area (Å²) in [6.45, 7) is 5.81. The van der Waals surface area contributed by atoms with Crippen molar-refractivity contribution in [1.29, 1.82) is 0 Å². The molecule has 2 heterocycles. The van der Waals surface area contributed by atoms with Crippen molar-refractivity contribution in [2.45, 2.75) is 25.8 Å². The Morgan fingerprint density at radius 1 is 1.38 bits per heavy atom. The van der Waals surface area contributed by atoms with E-state index in [1.165, 1.54) is 6.08 Å². The number of nitrogens with one attached hydrogen (secondary N) is 1. The minimum atomic E-state index is -0.492. The molecule has 1 unspecified atom stereocenters. The second-order valence-electron chi connectivity index (χ2n) is 5.71. The first-order valence-corrected chi connectivity index (χ1v) is 7.87. The average Bonchev–Trinajstić information content (AvgIpc) is 3.23. The van der Waals surface area contributed by atoms with Crippen molar-refractivity contribution in [3.05, 3.63) is 48.7 Å². The summed E-state index contributed by atoms with van der Waals surface area (Å²) < 4.78 is 5.25. The third kappa shape index (κ3) is 2.95. The lowest BCUT2D eigenvalue weighted by Gasteiger charge is -2.22. The highest BCUT2D eigenvalue weighted by molar-refractivity contribution is 6.01. The number of benzene rings is 1. The molecule has 124 valence electrons. The summed E-state index contributed by atoms with van der Waals surface area (Å²) in [6, 6.07) is 9.00. The van der Waals surface area contributed by atoms with Gasteiger partial charge in [0.05, 0.1) is 0 Å². The summed E-state index contributed by atoms with van der Waals surface area (Å²) in [5.41, 5.74) is 1.99. The average molecular weight is 325 g/mol. The molecule has 24 heavy (non-hydrogen) atoms. The van der Waals surface area contributed by atoms with E-state index < -0.39 is 6.04 Å². The zero-order valence-corrected chi connectivity index (χ0v) is 13.5. The molecule has 1 aromatic carbocycles. The van der Waals surface area contributed by atoms with Crippen LogP contribution in [0.1, 0.15) is 18.6 Å². The number of aryl methyl sites for hydroxylation is 1. The number of carbonyl (C=O) groups is 2. The fraction of sp³-hybridized carbons (Fsp3) is 0.278. The molecule has 2 aromatic rings. The van der Waals surface area contributed by atoms with E-state index in [9.17, 15) is 9.59 Å². The molecular weight excluding hydrogens is 306 g/mol. The van der Waals surface area contributed by atoms with E-state index in [-0.39, 0.29) is 11.8 Å². The first-order chi connectivity index (χ1) is 11.6. The van der Waals surface area contributed by atoms with E-state index in [1.54, 1.807) is 11.8 Å². The first kappa shape index (κ1) is 16.0. The van der Waals surface area contributed by atoms with Crippen molar-refractivity contribution < 1.29 is 14.1 Å². The summed E-state index contributed by atoms with van der Waals surface area (Å²) in [5, 5.41) is 6.93. The SMILES string of the molecule is C=CC(=O)N1CCCC1C(=O)Nc1c(-c2ccccc2)noc1C. The van der Waals surface area contributed by atoms with E-state index in [2.05, 4.69) is 17.1 Å². The van der Waals surface area contributed by atoms with Crippen LogP contribution >= 0.6 is 0 Å². The van der Waals surface area contributed by atoms with Gasteiger partial charge in [0.1, 0.15) is 17.4 Å². The number of rotatable bonds is 4. The highest BCUT2D eigenvalue weighted by Gasteiger charge is 2.34. The second-order valence-corrected chi connectivity index (χ2v) is 5.71. The van der Waals surface area contributed by atoms with E-state index in [0.29, 0.717) is 30.1 Å². The van der Waals surface area contributed by atoms with Gasteiger partial charge in [0.2, 0.25) is 11.8 Å². The lowest BCUT2D eigenvalue weighted by atomic mass is 10.1. The number of anilines is 1. The van der Waals surface area contributed by atoms with Crippen LogP contribution in [0.15, 0.2) is 47.5 Å². The Labute approximate surface area is 140 Å². The van der Waals surface area contributed by atoms with Crippen LogP contribution in [0.3, 0.4) is 0 Å². The predicted molar refractivity (Wildman–Crippen MR) is 90.2 cm³/mol. The molecule has 1 aromatic heterocycles. The van der Waals surface area contributed by atoms with Gasteiger partial charge >= 0.3 is 0 Å². The van der Waals surface area contributed by atoms with Crippen molar-refractivity contribution in [2.75, 3.05) is 11.9 Å². The smallest absolute Gasteiger partial charge is 0.247 e. The molecule has 0 bridgehead atoms. The van der Waals surface area contributed by atoms with Gasteiger partial charge in [0, 0.05) is 12.1 Å². The van der Waals surface area contributed by atoms with Gasteiger partial charge in [0.25, 0.3) is 0 Å². The monoisotopic (exact) mass is 325 g/mol. The van der Waals surface area contributed by atoms with Crippen molar-refractivity contribution in [1.82, 2.24) is 10.1 Å². The summed E-state index contributed by atoms with van der Waals surface area (Å²) in [6.07, 6.45) is 2.67. The van der Waals surface area contributed by atoms with Gasteiger partial charge in [-0.2, -0.15) is 0 Å². The van der Waals surface area contributed by atoms with Crippen LogP contribution in [-0.4, -0.2) is 34.5 Å². The van der Waals surface area contributed by atoms with Crippen LogP contribution in [-0.2, 0) is 9.59 Å². The van der Waals surface area contributed by atoms with E-state index in [4.69, 9.17) is 4.52 Å². The minimum absolute atomic E-state index is 0.224. The maximum absolute atomic E-state index is 12.7. The molecule has 1 fully saturated rings. The van der Waals surface area contributed by atoms with Crippen molar-refractivity contribution in [3.8, 4) is 11.3 Å². The number of hydrogen-bond acceptors (Lipinski definition) is 4. The summed E-state index contributed by atoms with van der Waals surface area (Å²) in [5.74, 6) is 0.0750. The number of nitrogens with zero attached hydrogens (tertiary/aromatic N) is 2. The number of aromatic nitrogens is 1. The van der Waals surface area contributed by atoms with Gasteiger partial charge in [-0.15, -0.1) is 0 Å². The van der Waals surface area contributed by atoms with Crippen molar-refractivity contribution >= 4 is 17.5 Å². The summed E-state index contributed by atoms with van der Waals surface area (Å²) in [4.78, 5) is 26.1. The van der Waals surface area contributed by atoms with Gasteiger partial charge in [-0.05, 0) is 25.8 Å². The van der Waals surface area contributed by atoms with Gasteiger partial charge in [-0.25, -0.2) is 0 Å². The standard InChI is InChI=1S/C18H19N3O3/c1-3-15(22)21-11-7-10-14(21)18(23)19-16-12(2)24-20-17(16)13-8-5-4-6-9-13/h3-6,8-9,14H,1,7,10-11H2,2H3,(H,19,23). The fourth-order valence-electron chi connectivity index (χ4n) is 2.94. The molecule has 2 amide bonds. The number of hydrogen-bond donors (Lipinski definition) is 1. The number of carbonyl (C=O) groups excluding carboxylic acids is 2. The molecule has 1 atom stereocenters. The summed E-state index contributed by atoms with van der Waals surface area (Å²) >= 11 is 0. The van der Waals surface area contributed by atoms with Gasteiger partial charge in [-0.1, -0.05) is 42.1 Å². The molecule has 1 saturated heterocycles. The molecule has 0 saturated carbocycles. The second kappa shape index (κ2) is 6.70. The predicted octanol–water partition coefficient (Wildman–Crippen LogP) is 2.77. The van der Waals surface area contributed by atoms with E-state index in [0.717, 1.165) is 12.0 Å². The van der Waals surface area contributed by atoms with Gasteiger partial charge in [-0.3, -0.25) is 9.59 Å². The molecule has 0 radical (unpaired) electrons. The van der Waals surface area contributed by atoms with Crippen LogP contribution in [0.5, 0.6) is 0 Å². The lowest BCUT2D eigenvalue weighted by Crippen LogP contribution is -2.42. The Balaban J connectivity index is 1.84. The fourth-order valence-corrected chi connectivity index (χ4v) is 2.94. The first-order valence-electron chi connectivity index (χ1n) is 7.87. The van der Waals surface area contributed by atoms with Crippen LogP contribution in [0.25, 0.3) is 11.3 Å². The maximum Gasteiger partial charge on any atom is 0.247 e. The molecule has 0 aliphatic carbocycles. The zero-order valence-electron chi connectivity index (χ0n) is 13.5. The Hall–Kier alpha value is -2.89. The molecule has 1 N–H and O–H groups in total. The highest BCUT2D eigenvalue weighted by atomic mass is 16.5. The van der Waals surface area contributed by atoms with Crippen molar-refractivity contribution in [3.63, 3.8) is 0 Å². The molecule has 0 spiro atoms. The normalized spacial score (nSPS) is 16.9. The highest BCUT2D eigenvalue weighted by Crippen LogP contribution is 2.30. The molecule has 6 nitrogen and oxygen atoms in total. The Kier molecular flexibility index (Phi) is 4.46. The summed E-state index contributed by atoms with van der Waals surface area (Å²) in [7, 11) is 0. The van der Waals surface area contributed by atoms with Crippen LogP contribution in [0.4, 0.5) is 5.69 Å².